The molecule has 170 valence electrons. The van der Waals surface area contributed by atoms with Crippen molar-refractivity contribution in [3.8, 4) is 11.5 Å². The van der Waals surface area contributed by atoms with Crippen molar-refractivity contribution in [2.24, 2.45) is 0 Å². The second-order valence-corrected chi connectivity index (χ2v) is 8.21. The molecule has 2 aliphatic rings. The molecule has 4 rings (SSSR count). The van der Waals surface area contributed by atoms with Crippen molar-refractivity contribution < 1.29 is 14.3 Å². The van der Waals surface area contributed by atoms with Crippen LogP contribution in [0.3, 0.4) is 0 Å². The Hall–Kier alpha value is -3.00. The first-order valence-corrected chi connectivity index (χ1v) is 11.6. The number of thiocarbonyl (C=S) groups is 1. The molecule has 2 aromatic carbocycles. The Balaban J connectivity index is 1.27. The second kappa shape index (κ2) is 10.1. The largest absolute Gasteiger partial charge is 0.485 e. The van der Waals surface area contributed by atoms with Crippen LogP contribution in [0.2, 0.25) is 0 Å². The molecular formula is C24H30N4O3S. The SMILES string of the molecule is CCN(CC)c1ccc(NC(=S)N2CCN(C(=O)C3COc4ccccc4O3)CC2)cc1. The third kappa shape index (κ3) is 4.91. The number of hydrogen-bond acceptors (Lipinski definition) is 5. The predicted octanol–water partition coefficient (Wildman–Crippen LogP) is 3.21. The first-order chi connectivity index (χ1) is 15.6. The van der Waals surface area contributed by atoms with Gasteiger partial charge in [-0.3, -0.25) is 4.79 Å². The van der Waals surface area contributed by atoms with E-state index in [0.29, 0.717) is 42.8 Å². The summed E-state index contributed by atoms with van der Waals surface area (Å²) >= 11 is 5.62. The number of carbonyl (C=O) groups is 1. The minimum absolute atomic E-state index is 0.0370. The van der Waals surface area contributed by atoms with Gasteiger partial charge in [-0.05, 0) is 62.5 Å². The van der Waals surface area contributed by atoms with Crippen molar-refractivity contribution in [1.29, 1.82) is 0 Å². The van der Waals surface area contributed by atoms with E-state index in [0.717, 1.165) is 18.8 Å². The number of piperazine rings is 1. The molecule has 0 bridgehead atoms. The highest BCUT2D eigenvalue weighted by atomic mass is 32.1. The number of amides is 1. The van der Waals surface area contributed by atoms with E-state index in [1.165, 1.54) is 5.69 Å². The fraction of sp³-hybridized carbons (Fsp3) is 0.417. The van der Waals surface area contributed by atoms with E-state index in [4.69, 9.17) is 21.7 Å². The van der Waals surface area contributed by atoms with Gasteiger partial charge in [0.05, 0.1) is 0 Å². The van der Waals surface area contributed by atoms with Gasteiger partial charge in [0.25, 0.3) is 5.91 Å². The lowest BCUT2D eigenvalue weighted by atomic mass is 10.2. The van der Waals surface area contributed by atoms with Crippen LogP contribution in [0.25, 0.3) is 0 Å². The lowest BCUT2D eigenvalue weighted by molar-refractivity contribution is -0.142. The molecule has 1 unspecified atom stereocenters. The van der Waals surface area contributed by atoms with Crippen molar-refractivity contribution in [3.63, 3.8) is 0 Å². The van der Waals surface area contributed by atoms with Gasteiger partial charge >= 0.3 is 0 Å². The molecule has 1 atom stereocenters. The lowest BCUT2D eigenvalue weighted by Crippen LogP contribution is -2.55. The minimum atomic E-state index is -0.606. The zero-order valence-corrected chi connectivity index (χ0v) is 19.4. The molecule has 1 saturated heterocycles. The van der Waals surface area contributed by atoms with Crippen LogP contribution < -0.4 is 19.7 Å². The number of anilines is 2. The van der Waals surface area contributed by atoms with Gasteiger partial charge in [0.2, 0.25) is 6.10 Å². The molecule has 0 aliphatic carbocycles. The fourth-order valence-electron chi connectivity index (χ4n) is 4.02. The molecule has 0 spiro atoms. The topological polar surface area (TPSA) is 57.3 Å². The number of nitrogens with zero attached hydrogens (tertiary/aromatic N) is 3. The van der Waals surface area contributed by atoms with Crippen LogP contribution in [0.5, 0.6) is 11.5 Å². The molecular weight excluding hydrogens is 424 g/mol. The molecule has 32 heavy (non-hydrogen) atoms. The second-order valence-electron chi connectivity index (χ2n) is 7.83. The summed E-state index contributed by atoms with van der Waals surface area (Å²) in [7, 11) is 0. The fourth-order valence-corrected chi connectivity index (χ4v) is 4.32. The molecule has 7 nitrogen and oxygen atoms in total. The van der Waals surface area contributed by atoms with E-state index >= 15 is 0 Å². The maximum Gasteiger partial charge on any atom is 0.267 e. The first-order valence-electron chi connectivity index (χ1n) is 11.2. The molecule has 1 fully saturated rings. The number of fused-ring (bicyclic) bond motifs is 1. The normalized spacial score (nSPS) is 17.6. The molecule has 1 N–H and O–H groups in total. The van der Waals surface area contributed by atoms with Gasteiger partial charge in [-0.1, -0.05) is 12.1 Å². The van der Waals surface area contributed by atoms with Crippen molar-refractivity contribution in [2.75, 3.05) is 56.1 Å². The van der Waals surface area contributed by atoms with Gasteiger partial charge in [0.1, 0.15) is 6.61 Å². The molecule has 8 heteroatoms. The van der Waals surface area contributed by atoms with Crippen LogP contribution in [0.15, 0.2) is 48.5 Å². The minimum Gasteiger partial charge on any atom is -0.485 e. The summed E-state index contributed by atoms with van der Waals surface area (Å²) in [6, 6.07) is 15.8. The van der Waals surface area contributed by atoms with Gasteiger partial charge in [0.15, 0.2) is 16.6 Å². The van der Waals surface area contributed by atoms with E-state index in [-0.39, 0.29) is 12.5 Å². The van der Waals surface area contributed by atoms with Crippen LogP contribution in [0.1, 0.15) is 13.8 Å². The average Bonchev–Trinajstić information content (AvgIpc) is 2.85. The molecule has 2 heterocycles. The standard InChI is InChI=1S/C24H30N4O3S/c1-3-26(4-2)19-11-9-18(10-12-19)25-24(32)28-15-13-27(14-16-28)23(29)22-17-30-20-7-5-6-8-21(20)31-22/h5-12,22H,3-4,13-17H2,1-2H3,(H,25,32). The van der Waals surface area contributed by atoms with Crippen LogP contribution >= 0.6 is 12.2 Å². The highest BCUT2D eigenvalue weighted by Gasteiger charge is 2.33. The Labute approximate surface area is 194 Å². The Bertz CT molecular complexity index is 941. The zero-order chi connectivity index (χ0) is 22.5. The highest BCUT2D eigenvalue weighted by Crippen LogP contribution is 2.31. The summed E-state index contributed by atoms with van der Waals surface area (Å²) in [6.45, 7) is 9.07. The third-order valence-corrected chi connectivity index (χ3v) is 6.27. The summed E-state index contributed by atoms with van der Waals surface area (Å²) in [5.74, 6) is 1.26. The highest BCUT2D eigenvalue weighted by molar-refractivity contribution is 7.80. The number of rotatable bonds is 5. The summed E-state index contributed by atoms with van der Waals surface area (Å²) < 4.78 is 11.6. The predicted molar refractivity (Wildman–Crippen MR) is 131 cm³/mol. The van der Waals surface area contributed by atoms with E-state index in [1.807, 2.05) is 29.2 Å². The Morgan fingerprint density at radius 1 is 1.00 bits per heavy atom. The maximum absolute atomic E-state index is 12.9. The molecule has 2 aliphatic heterocycles. The first kappa shape index (κ1) is 22.2. The lowest BCUT2D eigenvalue weighted by Gasteiger charge is -2.38. The number of benzene rings is 2. The Morgan fingerprint density at radius 2 is 1.62 bits per heavy atom. The van der Waals surface area contributed by atoms with Crippen LogP contribution in [0, 0.1) is 0 Å². The summed E-state index contributed by atoms with van der Waals surface area (Å²) in [5.41, 5.74) is 2.17. The monoisotopic (exact) mass is 454 g/mol. The summed E-state index contributed by atoms with van der Waals surface area (Å²) in [5, 5.41) is 4.00. The van der Waals surface area contributed by atoms with Gasteiger partial charge < -0.3 is 29.5 Å². The quantitative estimate of drug-likeness (QED) is 0.696. The van der Waals surface area contributed by atoms with E-state index in [9.17, 15) is 4.79 Å². The molecule has 2 aromatic rings. The zero-order valence-electron chi connectivity index (χ0n) is 18.6. The van der Waals surface area contributed by atoms with Gasteiger partial charge in [-0.2, -0.15) is 0 Å². The van der Waals surface area contributed by atoms with Crippen LogP contribution in [-0.4, -0.2) is 72.8 Å². The van der Waals surface area contributed by atoms with Gasteiger partial charge in [-0.25, -0.2) is 0 Å². The van der Waals surface area contributed by atoms with Crippen LogP contribution in [-0.2, 0) is 4.79 Å². The van der Waals surface area contributed by atoms with Crippen molar-refractivity contribution in [2.45, 2.75) is 20.0 Å². The number of hydrogen-bond donors (Lipinski definition) is 1. The summed E-state index contributed by atoms with van der Waals surface area (Å²) in [6.07, 6.45) is -0.606. The van der Waals surface area contributed by atoms with Gasteiger partial charge in [0, 0.05) is 50.6 Å². The Morgan fingerprint density at radius 3 is 2.28 bits per heavy atom. The Kier molecular flexibility index (Phi) is 6.99. The molecule has 0 aromatic heterocycles. The van der Waals surface area contributed by atoms with Crippen molar-refractivity contribution in [1.82, 2.24) is 9.80 Å². The average molecular weight is 455 g/mol. The number of para-hydroxylation sites is 2. The van der Waals surface area contributed by atoms with E-state index < -0.39 is 6.10 Å². The van der Waals surface area contributed by atoms with Gasteiger partial charge in [-0.15, -0.1) is 0 Å². The number of ether oxygens (including phenoxy) is 2. The van der Waals surface area contributed by atoms with Crippen LogP contribution in [0.4, 0.5) is 11.4 Å². The summed E-state index contributed by atoms with van der Waals surface area (Å²) in [4.78, 5) is 19.2. The molecule has 1 amide bonds. The van der Waals surface area contributed by atoms with Crippen molar-refractivity contribution in [3.05, 3.63) is 48.5 Å². The number of nitrogens with one attached hydrogen (secondary N) is 1. The third-order valence-electron chi connectivity index (χ3n) is 5.91. The molecule has 0 radical (unpaired) electrons. The van der Waals surface area contributed by atoms with E-state index in [1.54, 1.807) is 0 Å². The maximum atomic E-state index is 12.9. The smallest absolute Gasteiger partial charge is 0.267 e. The molecule has 0 saturated carbocycles. The number of carbonyl (C=O) groups excluding carboxylic acids is 1. The van der Waals surface area contributed by atoms with Crippen molar-refractivity contribution >= 4 is 34.6 Å². The van der Waals surface area contributed by atoms with E-state index in [2.05, 4.69) is 53.2 Å².